The molecule has 0 aromatic heterocycles. The van der Waals surface area contributed by atoms with Crippen LogP contribution in [-0.4, -0.2) is 0 Å². The second-order valence-corrected chi connectivity index (χ2v) is 6.70. The molecule has 1 fully saturated rings. The summed E-state index contributed by atoms with van der Waals surface area (Å²) < 4.78 is 24.7. The van der Waals surface area contributed by atoms with Gasteiger partial charge in [0.1, 0.15) is 5.82 Å². The van der Waals surface area contributed by atoms with E-state index in [2.05, 4.69) is 0 Å². The summed E-state index contributed by atoms with van der Waals surface area (Å²) in [4.78, 5) is 0. The first-order valence-electron chi connectivity index (χ1n) is 8.77. The smallest absolute Gasteiger partial charge is 0.123 e. The number of benzene rings is 1. The molecule has 1 aromatic carbocycles. The molecule has 1 saturated carbocycles. The molecule has 0 unspecified atom stereocenters. The Morgan fingerprint density at radius 2 is 1.55 bits per heavy atom. The predicted octanol–water partition coefficient (Wildman–Crippen LogP) is 6.61. The molecule has 22 heavy (non-hydrogen) atoms. The van der Waals surface area contributed by atoms with Gasteiger partial charge in [-0.2, -0.15) is 0 Å². The monoisotopic (exact) mass is 306 g/mol. The van der Waals surface area contributed by atoms with Crippen LogP contribution >= 0.6 is 0 Å². The van der Waals surface area contributed by atoms with Crippen molar-refractivity contribution in [2.24, 2.45) is 11.8 Å². The van der Waals surface area contributed by atoms with Gasteiger partial charge >= 0.3 is 0 Å². The van der Waals surface area contributed by atoms with E-state index in [1.54, 1.807) is 18.2 Å². The van der Waals surface area contributed by atoms with Crippen molar-refractivity contribution in [1.29, 1.82) is 0 Å². The van der Waals surface area contributed by atoms with Gasteiger partial charge in [-0.25, -0.2) is 8.78 Å². The molecule has 0 radical (unpaired) electrons. The first-order chi connectivity index (χ1) is 10.8. The molecular formula is C20H28F2. The number of halogens is 2. The Labute approximate surface area is 133 Å². The Morgan fingerprint density at radius 1 is 0.909 bits per heavy atom. The van der Waals surface area contributed by atoms with E-state index in [1.165, 1.54) is 50.5 Å². The lowest BCUT2D eigenvalue weighted by Crippen LogP contribution is -2.15. The van der Waals surface area contributed by atoms with Gasteiger partial charge < -0.3 is 0 Å². The predicted molar refractivity (Wildman–Crippen MR) is 88.9 cm³/mol. The number of aryl methyl sites for hydroxylation is 1. The average Bonchev–Trinajstić information content (AvgIpc) is 2.55. The molecule has 0 bridgehead atoms. The van der Waals surface area contributed by atoms with Gasteiger partial charge in [-0.1, -0.05) is 56.7 Å². The SMILES string of the molecule is FC=CCCCCC1CCC(CCc2ccc(F)cc2)CC1. The fourth-order valence-corrected chi connectivity index (χ4v) is 3.59. The molecule has 2 heteroatoms. The summed E-state index contributed by atoms with van der Waals surface area (Å²) in [5.74, 6) is 1.58. The van der Waals surface area contributed by atoms with Crippen LogP contribution < -0.4 is 0 Å². The van der Waals surface area contributed by atoms with Crippen molar-refractivity contribution in [2.45, 2.75) is 64.2 Å². The fraction of sp³-hybridized carbons (Fsp3) is 0.600. The number of rotatable bonds is 8. The summed E-state index contributed by atoms with van der Waals surface area (Å²) in [6.07, 6.45) is 14.5. The maximum atomic E-state index is 12.9. The zero-order chi connectivity index (χ0) is 15.6. The molecule has 1 aliphatic rings. The van der Waals surface area contributed by atoms with E-state index in [1.807, 2.05) is 12.1 Å². The van der Waals surface area contributed by atoms with E-state index >= 15 is 0 Å². The van der Waals surface area contributed by atoms with Gasteiger partial charge in [-0.05, 0) is 55.2 Å². The molecule has 0 atom stereocenters. The molecule has 0 saturated heterocycles. The van der Waals surface area contributed by atoms with E-state index in [0.29, 0.717) is 6.33 Å². The Morgan fingerprint density at radius 3 is 2.18 bits per heavy atom. The fourth-order valence-electron chi connectivity index (χ4n) is 3.59. The van der Waals surface area contributed by atoms with Crippen LogP contribution in [0.1, 0.15) is 63.4 Å². The highest BCUT2D eigenvalue weighted by molar-refractivity contribution is 5.16. The summed E-state index contributed by atoms with van der Waals surface area (Å²) in [6.45, 7) is 0. The lowest BCUT2D eigenvalue weighted by atomic mass is 9.78. The van der Waals surface area contributed by atoms with Gasteiger partial charge in [0.25, 0.3) is 0 Å². The normalized spacial score (nSPS) is 22.3. The highest BCUT2D eigenvalue weighted by atomic mass is 19.1. The third kappa shape index (κ3) is 6.29. The third-order valence-electron chi connectivity index (χ3n) is 5.04. The second-order valence-electron chi connectivity index (χ2n) is 6.70. The third-order valence-corrected chi connectivity index (χ3v) is 5.04. The van der Waals surface area contributed by atoms with Crippen molar-refractivity contribution in [1.82, 2.24) is 0 Å². The number of allylic oxidation sites excluding steroid dienone is 1. The lowest BCUT2D eigenvalue weighted by molar-refractivity contribution is 0.249. The first kappa shape index (κ1) is 17.2. The minimum Gasteiger partial charge on any atom is -0.216 e. The summed E-state index contributed by atoms with van der Waals surface area (Å²) in [5, 5.41) is 0. The highest BCUT2D eigenvalue weighted by Gasteiger charge is 2.20. The quantitative estimate of drug-likeness (QED) is 0.474. The van der Waals surface area contributed by atoms with E-state index < -0.39 is 0 Å². The van der Waals surface area contributed by atoms with Gasteiger partial charge in [-0.3, -0.25) is 0 Å². The Balaban J connectivity index is 1.57. The van der Waals surface area contributed by atoms with Crippen molar-refractivity contribution in [3.05, 3.63) is 48.1 Å². The summed E-state index contributed by atoms with van der Waals surface area (Å²) in [7, 11) is 0. The summed E-state index contributed by atoms with van der Waals surface area (Å²) in [6, 6.07) is 6.94. The van der Waals surface area contributed by atoms with Crippen LogP contribution in [-0.2, 0) is 6.42 Å². The maximum absolute atomic E-state index is 12.9. The van der Waals surface area contributed by atoms with Gasteiger partial charge in [0.05, 0.1) is 6.33 Å². The molecule has 0 nitrogen and oxygen atoms in total. The minimum absolute atomic E-state index is 0.147. The molecule has 1 aliphatic carbocycles. The summed E-state index contributed by atoms with van der Waals surface area (Å²) in [5.41, 5.74) is 1.25. The van der Waals surface area contributed by atoms with Crippen LogP contribution in [0.5, 0.6) is 0 Å². The van der Waals surface area contributed by atoms with Crippen LogP contribution in [0.2, 0.25) is 0 Å². The van der Waals surface area contributed by atoms with Gasteiger partial charge in [0.15, 0.2) is 0 Å². The number of hydrogen-bond acceptors (Lipinski definition) is 0. The van der Waals surface area contributed by atoms with Crippen LogP contribution in [0.4, 0.5) is 8.78 Å². The number of unbranched alkanes of at least 4 members (excludes halogenated alkanes) is 2. The van der Waals surface area contributed by atoms with E-state index in [9.17, 15) is 8.78 Å². The standard InChI is InChI=1S/C20H28F2/c21-16-4-2-1-3-5-17-6-8-18(9-7-17)10-11-19-12-14-20(22)15-13-19/h4,12-18H,1-3,5-11H2. The largest absolute Gasteiger partial charge is 0.216 e. The van der Waals surface area contributed by atoms with Crippen molar-refractivity contribution in [2.75, 3.05) is 0 Å². The Kier molecular flexibility index (Phi) is 7.62. The Bertz CT molecular complexity index is 428. The molecule has 0 spiro atoms. The zero-order valence-corrected chi connectivity index (χ0v) is 13.4. The topological polar surface area (TPSA) is 0 Å². The molecule has 1 aromatic rings. The molecule has 0 amide bonds. The minimum atomic E-state index is -0.147. The maximum Gasteiger partial charge on any atom is 0.123 e. The molecule has 122 valence electrons. The first-order valence-corrected chi connectivity index (χ1v) is 8.77. The van der Waals surface area contributed by atoms with Crippen LogP contribution in [0.15, 0.2) is 36.7 Å². The van der Waals surface area contributed by atoms with E-state index in [4.69, 9.17) is 0 Å². The van der Waals surface area contributed by atoms with Gasteiger partial charge in [0.2, 0.25) is 0 Å². The second kappa shape index (κ2) is 9.76. The lowest BCUT2D eigenvalue weighted by Gasteiger charge is -2.28. The van der Waals surface area contributed by atoms with Crippen molar-refractivity contribution >= 4 is 0 Å². The van der Waals surface area contributed by atoms with Gasteiger partial charge in [-0.15, -0.1) is 0 Å². The van der Waals surface area contributed by atoms with Crippen LogP contribution in [0.3, 0.4) is 0 Å². The highest BCUT2D eigenvalue weighted by Crippen LogP contribution is 2.34. The molecule has 0 heterocycles. The van der Waals surface area contributed by atoms with Crippen molar-refractivity contribution in [3.8, 4) is 0 Å². The molecule has 0 aliphatic heterocycles. The molecular weight excluding hydrogens is 278 g/mol. The van der Waals surface area contributed by atoms with Crippen LogP contribution in [0, 0.1) is 17.7 Å². The average molecular weight is 306 g/mol. The molecule has 0 N–H and O–H groups in total. The van der Waals surface area contributed by atoms with Crippen molar-refractivity contribution < 1.29 is 8.78 Å². The molecule has 2 rings (SSSR count). The van der Waals surface area contributed by atoms with E-state index in [-0.39, 0.29) is 5.82 Å². The zero-order valence-electron chi connectivity index (χ0n) is 13.4. The summed E-state index contributed by atoms with van der Waals surface area (Å²) >= 11 is 0. The van der Waals surface area contributed by atoms with Crippen molar-refractivity contribution in [3.63, 3.8) is 0 Å². The number of hydrogen-bond donors (Lipinski definition) is 0. The Hall–Kier alpha value is -1.18. The van der Waals surface area contributed by atoms with E-state index in [0.717, 1.165) is 31.1 Å². The van der Waals surface area contributed by atoms with Gasteiger partial charge in [0, 0.05) is 0 Å². The van der Waals surface area contributed by atoms with Crippen LogP contribution in [0.25, 0.3) is 0 Å².